The molecule has 1 aromatic carbocycles. The number of hydrogen-bond acceptors (Lipinski definition) is 1. The van der Waals surface area contributed by atoms with Gasteiger partial charge in [0, 0.05) is 11.6 Å². The average molecular weight is 212 g/mol. The molecule has 0 aliphatic rings. The Morgan fingerprint density at radius 1 is 1.29 bits per heavy atom. The maximum absolute atomic E-state index is 5.91. The van der Waals surface area contributed by atoms with Gasteiger partial charge in [-0.2, -0.15) is 0 Å². The maximum atomic E-state index is 5.91. The van der Waals surface area contributed by atoms with E-state index in [2.05, 4.69) is 24.9 Å². The molecule has 1 aromatic rings. The molecule has 0 fully saturated rings. The van der Waals surface area contributed by atoms with Crippen LogP contribution in [-0.2, 0) is 6.42 Å². The molecule has 0 bridgehead atoms. The molecule has 0 aliphatic heterocycles. The molecule has 78 valence electrons. The molecule has 1 rings (SSSR count). The van der Waals surface area contributed by atoms with E-state index in [9.17, 15) is 0 Å². The number of likely N-dealkylation sites (N-methyl/N-ethyl adjacent to an activating group) is 1. The zero-order valence-corrected chi connectivity index (χ0v) is 9.72. The number of benzene rings is 1. The maximum Gasteiger partial charge on any atom is 0.0408 e. The fraction of sp³-hybridized carbons (Fsp3) is 0.500. The van der Waals surface area contributed by atoms with Crippen molar-refractivity contribution in [3.63, 3.8) is 0 Å². The Morgan fingerprint density at radius 3 is 2.71 bits per heavy atom. The summed E-state index contributed by atoms with van der Waals surface area (Å²) in [7, 11) is 2.16. The van der Waals surface area contributed by atoms with E-state index in [-0.39, 0.29) is 0 Å². The summed E-state index contributed by atoms with van der Waals surface area (Å²) in [6.45, 7) is 4.48. The van der Waals surface area contributed by atoms with Crippen LogP contribution >= 0.6 is 11.6 Å². The van der Waals surface area contributed by atoms with Crippen LogP contribution in [0.4, 0.5) is 0 Å². The Balaban J connectivity index is 2.37. The minimum Gasteiger partial charge on any atom is -0.306 e. The van der Waals surface area contributed by atoms with Gasteiger partial charge in [0.25, 0.3) is 0 Å². The predicted molar refractivity (Wildman–Crippen MR) is 62.9 cm³/mol. The van der Waals surface area contributed by atoms with E-state index >= 15 is 0 Å². The van der Waals surface area contributed by atoms with Crippen molar-refractivity contribution >= 4 is 11.6 Å². The summed E-state index contributed by atoms with van der Waals surface area (Å²) in [6, 6.07) is 8.10. The molecule has 0 N–H and O–H groups in total. The zero-order chi connectivity index (χ0) is 10.4. The molecule has 0 atom stereocenters. The van der Waals surface area contributed by atoms with E-state index in [4.69, 9.17) is 11.6 Å². The van der Waals surface area contributed by atoms with Crippen molar-refractivity contribution in [3.05, 3.63) is 34.9 Å². The van der Waals surface area contributed by atoms with Crippen molar-refractivity contribution < 1.29 is 0 Å². The lowest BCUT2D eigenvalue weighted by Gasteiger charge is -2.15. The SMILES string of the molecule is CCCN(C)CCc1cccc(Cl)c1. The molecule has 0 heterocycles. The molecule has 14 heavy (non-hydrogen) atoms. The van der Waals surface area contributed by atoms with E-state index in [1.165, 1.54) is 18.5 Å². The summed E-state index contributed by atoms with van der Waals surface area (Å²) in [6.07, 6.45) is 2.29. The first-order valence-corrected chi connectivity index (χ1v) is 5.53. The summed E-state index contributed by atoms with van der Waals surface area (Å²) in [5.41, 5.74) is 1.32. The first-order chi connectivity index (χ1) is 6.72. The summed E-state index contributed by atoms with van der Waals surface area (Å²) < 4.78 is 0. The largest absolute Gasteiger partial charge is 0.306 e. The van der Waals surface area contributed by atoms with Crippen LogP contribution in [-0.4, -0.2) is 25.0 Å². The van der Waals surface area contributed by atoms with Crippen molar-refractivity contribution in [2.75, 3.05) is 20.1 Å². The van der Waals surface area contributed by atoms with Gasteiger partial charge >= 0.3 is 0 Å². The smallest absolute Gasteiger partial charge is 0.0408 e. The summed E-state index contributed by atoms with van der Waals surface area (Å²) in [5, 5.41) is 0.834. The average Bonchev–Trinajstić information content (AvgIpc) is 2.15. The standard InChI is InChI=1S/C12H18ClN/c1-3-8-14(2)9-7-11-5-4-6-12(13)10-11/h4-6,10H,3,7-9H2,1-2H3. The number of hydrogen-bond donors (Lipinski definition) is 0. The third-order valence-electron chi connectivity index (χ3n) is 2.28. The molecule has 2 heteroatoms. The quantitative estimate of drug-likeness (QED) is 0.723. The Kier molecular flexibility index (Phi) is 4.99. The first-order valence-electron chi connectivity index (χ1n) is 5.15. The van der Waals surface area contributed by atoms with Gasteiger partial charge in [-0.25, -0.2) is 0 Å². The van der Waals surface area contributed by atoms with Crippen LogP contribution in [0.2, 0.25) is 5.02 Å². The van der Waals surface area contributed by atoms with Crippen LogP contribution in [0.1, 0.15) is 18.9 Å². The second-order valence-electron chi connectivity index (χ2n) is 3.68. The van der Waals surface area contributed by atoms with Crippen LogP contribution in [0.3, 0.4) is 0 Å². The monoisotopic (exact) mass is 211 g/mol. The van der Waals surface area contributed by atoms with Gasteiger partial charge in [-0.1, -0.05) is 30.7 Å². The second-order valence-corrected chi connectivity index (χ2v) is 4.12. The highest BCUT2D eigenvalue weighted by atomic mass is 35.5. The normalized spacial score (nSPS) is 10.9. The van der Waals surface area contributed by atoms with Crippen LogP contribution in [0.15, 0.2) is 24.3 Å². The molecule has 0 amide bonds. The minimum absolute atomic E-state index is 0.834. The fourth-order valence-corrected chi connectivity index (χ4v) is 1.72. The molecule has 0 spiro atoms. The van der Waals surface area contributed by atoms with Crippen LogP contribution in [0, 0.1) is 0 Å². The van der Waals surface area contributed by atoms with Gasteiger partial charge in [0.2, 0.25) is 0 Å². The molecule has 0 saturated carbocycles. The number of nitrogens with zero attached hydrogens (tertiary/aromatic N) is 1. The Hall–Kier alpha value is -0.530. The Labute approximate surface area is 91.7 Å². The third kappa shape index (κ3) is 4.12. The Morgan fingerprint density at radius 2 is 2.07 bits per heavy atom. The molecule has 0 aromatic heterocycles. The summed E-state index contributed by atoms with van der Waals surface area (Å²) in [4.78, 5) is 2.35. The van der Waals surface area contributed by atoms with Crippen LogP contribution < -0.4 is 0 Å². The summed E-state index contributed by atoms with van der Waals surface area (Å²) in [5.74, 6) is 0. The van der Waals surface area contributed by atoms with Gasteiger partial charge in [-0.3, -0.25) is 0 Å². The lowest BCUT2D eigenvalue weighted by molar-refractivity contribution is 0.339. The Bertz CT molecular complexity index is 273. The van der Waals surface area contributed by atoms with E-state index in [0.29, 0.717) is 0 Å². The van der Waals surface area contributed by atoms with Crippen LogP contribution in [0.5, 0.6) is 0 Å². The van der Waals surface area contributed by atoms with Crippen molar-refractivity contribution in [3.8, 4) is 0 Å². The first kappa shape index (κ1) is 11.5. The van der Waals surface area contributed by atoms with Gasteiger partial charge in [0.1, 0.15) is 0 Å². The highest BCUT2D eigenvalue weighted by Crippen LogP contribution is 2.11. The van der Waals surface area contributed by atoms with E-state index in [0.717, 1.165) is 18.0 Å². The molecular formula is C12H18ClN. The molecule has 0 aliphatic carbocycles. The predicted octanol–water partition coefficient (Wildman–Crippen LogP) is 3.22. The topological polar surface area (TPSA) is 3.24 Å². The number of rotatable bonds is 5. The highest BCUT2D eigenvalue weighted by Gasteiger charge is 1.98. The van der Waals surface area contributed by atoms with Crippen LogP contribution in [0.25, 0.3) is 0 Å². The van der Waals surface area contributed by atoms with Crippen molar-refractivity contribution in [2.24, 2.45) is 0 Å². The molecular weight excluding hydrogens is 194 g/mol. The van der Waals surface area contributed by atoms with Gasteiger partial charge in [0.15, 0.2) is 0 Å². The number of halogens is 1. The molecule has 0 radical (unpaired) electrons. The van der Waals surface area contributed by atoms with Gasteiger partial charge in [0.05, 0.1) is 0 Å². The van der Waals surface area contributed by atoms with Gasteiger partial charge in [-0.15, -0.1) is 0 Å². The second kappa shape index (κ2) is 6.05. The third-order valence-corrected chi connectivity index (χ3v) is 2.51. The summed E-state index contributed by atoms with van der Waals surface area (Å²) >= 11 is 5.91. The highest BCUT2D eigenvalue weighted by molar-refractivity contribution is 6.30. The van der Waals surface area contributed by atoms with Crippen molar-refractivity contribution in [1.82, 2.24) is 4.90 Å². The van der Waals surface area contributed by atoms with E-state index in [1.54, 1.807) is 0 Å². The molecule has 0 unspecified atom stereocenters. The van der Waals surface area contributed by atoms with Gasteiger partial charge in [-0.05, 0) is 44.1 Å². The zero-order valence-electron chi connectivity index (χ0n) is 8.96. The van der Waals surface area contributed by atoms with Crippen molar-refractivity contribution in [2.45, 2.75) is 19.8 Å². The fourth-order valence-electron chi connectivity index (χ4n) is 1.51. The molecule has 0 saturated heterocycles. The lowest BCUT2D eigenvalue weighted by atomic mass is 10.1. The van der Waals surface area contributed by atoms with Gasteiger partial charge < -0.3 is 4.90 Å². The van der Waals surface area contributed by atoms with E-state index in [1.807, 2.05) is 18.2 Å². The van der Waals surface area contributed by atoms with Crippen molar-refractivity contribution in [1.29, 1.82) is 0 Å². The lowest BCUT2D eigenvalue weighted by Crippen LogP contribution is -2.21. The van der Waals surface area contributed by atoms with E-state index < -0.39 is 0 Å². The minimum atomic E-state index is 0.834. The molecule has 1 nitrogen and oxygen atoms in total.